The average Bonchev–Trinajstić information content (AvgIpc) is 3.65. The zero-order valence-corrected chi connectivity index (χ0v) is 25.1. The molecular weight excluding hydrogens is 524 g/mol. The zero-order chi connectivity index (χ0) is 29.9. The van der Waals surface area contributed by atoms with Crippen molar-refractivity contribution in [3.05, 3.63) is 60.4 Å². The summed E-state index contributed by atoms with van der Waals surface area (Å²) < 4.78 is 0. The summed E-state index contributed by atoms with van der Waals surface area (Å²) >= 11 is 0. The Labute approximate surface area is 246 Å². The van der Waals surface area contributed by atoms with Gasteiger partial charge in [0, 0.05) is 24.0 Å². The van der Waals surface area contributed by atoms with Crippen LogP contribution in [-0.2, 0) is 12.8 Å². The van der Waals surface area contributed by atoms with E-state index in [4.69, 9.17) is 21.4 Å². The SMILES string of the molecule is CC.CC.NCCCCc1nc2ncc(-c3ccc4cc(-c5cnc6nc(CCCCN)[nH]c6n5)ccc4c3)nc2[nH]1. The molecule has 0 spiro atoms. The Morgan fingerprint density at radius 2 is 1.00 bits per heavy atom. The van der Waals surface area contributed by atoms with Crippen LogP contribution < -0.4 is 11.5 Å². The lowest BCUT2D eigenvalue weighted by Crippen LogP contribution is -1.99. The van der Waals surface area contributed by atoms with Gasteiger partial charge in [0.15, 0.2) is 22.6 Å². The molecule has 0 bridgehead atoms. The molecule has 0 amide bonds. The number of hydrogen-bond donors (Lipinski definition) is 4. The van der Waals surface area contributed by atoms with E-state index in [1.165, 1.54) is 0 Å². The molecule has 10 heteroatoms. The smallest absolute Gasteiger partial charge is 0.197 e. The minimum absolute atomic E-state index is 0.639. The van der Waals surface area contributed by atoms with Gasteiger partial charge in [0.05, 0.1) is 23.8 Å². The molecule has 6 aromatic rings. The first-order chi connectivity index (χ1) is 20.7. The molecule has 2 aromatic carbocycles. The van der Waals surface area contributed by atoms with Gasteiger partial charge in [0.25, 0.3) is 0 Å². The number of imidazole rings is 2. The normalized spacial score (nSPS) is 10.9. The molecule has 0 aliphatic heterocycles. The standard InChI is InChI=1S/C28H30N10.2C2H6/c29-11-3-1-5-23-35-25-27(37-23)33-21(15-31-25)19-9-7-18-14-20(10-8-17(18)13-19)22-16-32-26-28(34-22)38-24(36-26)6-2-4-12-30;2*1-2/h7-10,13-16H,1-6,11-12,29-30H2,(H,31,33,35,37)(H,32,34,36,38);2*1-2H3. The van der Waals surface area contributed by atoms with Gasteiger partial charge in [-0.05, 0) is 61.7 Å². The molecule has 42 heavy (non-hydrogen) atoms. The van der Waals surface area contributed by atoms with E-state index < -0.39 is 0 Å². The highest BCUT2D eigenvalue weighted by Crippen LogP contribution is 2.28. The van der Waals surface area contributed by atoms with E-state index >= 15 is 0 Å². The largest absolute Gasteiger partial charge is 0.330 e. The molecule has 0 saturated heterocycles. The third-order valence-corrected chi connectivity index (χ3v) is 6.68. The van der Waals surface area contributed by atoms with Crippen molar-refractivity contribution < 1.29 is 0 Å². The van der Waals surface area contributed by atoms with Crippen molar-refractivity contribution >= 4 is 33.4 Å². The van der Waals surface area contributed by atoms with Crippen LogP contribution in [0.5, 0.6) is 0 Å². The average molecular weight is 567 g/mol. The fourth-order valence-corrected chi connectivity index (χ4v) is 4.63. The van der Waals surface area contributed by atoms with Gasteiger partial charge in [-0.25, -0.2) is 29.9 Å². The van der Waals surface area contributed by atoms with Gasteiger partial charge in [-0.2, -0.15) is 0 Å². The third-order valence-electron chi connectivity index (χ3n) is 6.68. The molecule has 10 nitrogen and oxygen atoms in total. The fourth-order valence-electron chi connectivity index (χ4n) is 4.63. The van der Waals surface area contributed by atoms with Crippen molar-refractivity contribution in [2.24, 2.45) is 11.5 Å². The molecule has 0 atom stereocenters. The maximum absolute atomic E-state index is 5.60. The number of H-pyrrole nitrogens is 2. The molecular formula is C32H42N10. The van der Waals surface area contributed by atoms with E-state index in [1.54, 1.807) is 12.4 Å². The molecule has 0 saturated carbocycles. The van der Waals surface area contributed by atoms with E-state index in [0.717, 1.165) is 83.5 Å². The predicted molar refractivity (Wildman–Crippen MR) is 172 cm³/mol. The molecule has 0 radical (unpaired) electrons. The maximum atomic E-state index is 5.60. The Hall–Kier alpha value is -4.28. The van der Waals surface area contributed by atoms with Crippen LogP contribution in [0, 0.1) is 0 Å². The summed E-state index contributed by atoms with van der Waals surface area (Å²) in [5, 5.41) is 2.22. The lowest BCUT2D eigenvalue weighted by atomic mass is 10.0. The quantitative estimate of drug-likeness (QED) is 0.144. The van der Waals surface area contributed by atoms with Crippen molar-refractivity contribution in [1.82, 2.24) is 39.9 Å². The predicted octanol–water partition coefficient (Wildman–Crippen LogP) is 6.12. The van der Waals surface area contributed by atoms with Crippen LogP contribution in [0.2, 0.25) is 0 Å². The lowest BCUT2D eigenvalue weighted by molar-refractivity contribution is 0.724. The third kappa shape index (κ3) is 7.13. The Morgan fingerprint density at radius 1 is 0.571 bits per heavy atom. The first-order valence-corrected chi connectivity index (χ1v) is 15.1. The molecule has 220 valence electrons. The minimum Gasteiger partial charge on any atom is -0.330 e. The number of nitrogens with one attached hydrogen (secondary N) is 2. The Balaban J connectivity index is 0.000000972. The summed E-state index contributed by atoms with van der Waals surface area (Å²) in [6.07, 6.45) is 9.18. The van der Waals surface area contributed by atoms with Gasteiger partial charge < -0.3 is 21.4 Å². The summed E-state index contributed by atoms with van der Waals surface area (Å²) in [6, 6.07) is 12.6. The molecule has 0 aliphatic carbocycles. The van der Waals surface area contributed by atoms with Crippen LogP contribution in [0.1, 0.15) is 65.0 Å². The number of nitrogens with two attached hydrogens (primary N) is 2. The van der Waals surface area contributed by atoms with Crippen molar-refractivity contribution in [2.45, 2.75) is 66.2 Å². The number of rotatable bonds is 10. The number of hydrogen-bond acceptors (Lipinski definition) is 8. The van der Waals surface area contributed by atoms with Crippen molar-refractivity contribution in [2.75, 3.05) is 13.1 Å². The van der Waals surface area contributed by atoms with E-state index in [1.807, 2.05) is 27.7 Å². The van der Waals surface area contributed by atoms with Crippen molar-refractivity contribution in [3.63, 3.8) is 0 Å². The maximum Gasteiger partial charge on any atom is 0.197 e. The van der Waals surface area contributed by atoms with E-state index in [-0.39, 0.29) is 0 Å². The first kappa shape index (κ1) is 30.7. The molecule has 4 aromatic heterocycles. The fraction of sp³-hybridized carbons (Fsp3) is 0.375. The van der Waals surface area contributed by atoms with Crippen LogP contribution in [0.4, 0.5) is 0 Å². The summed E-state index contributed by atoms with van der Waals surface area (Å²) in [5.74, 6) is 1.80. The second-order valence-corrected chi connectivity index (χ2v) is 9.49. The van der Waals surface area contributed by atoms with Crippen LogP contribution in [-0.4, -0.2) is 53.0 Å². The number of unbranched alkanes of at least 4 members (excludes halogenated alkanes) is 2. The summed E-state index contributed by atoms with van der Waals surface area (Å²) in [4.78, 5) is 34.3. The lowest BCUT2D eigenvalue weighted by Gasteiger charge is -2.06. The van der Waals surface area contributed by atoms with E-state index in [9.17, 15) is 0 Å². The molecule has 6 rings (SSSR count). The molecule has 0 aliphatic rings. The van der Waals surface area contributed by atoms with Gasteiger partial charge in [0.1, 0.15) is 11.6 Å². The minimum atomic E-state index is 0.639. The van der Waals surface area contributed by atoms with Gasteiger partial charge in [-0.15, -0.1) is 0 Å². The monoisotopic (exact) mass is 566 g/mol. The van der Waals surface area contributed by atoms with E-state index in [2.05, 4.69) is 66.3 Å². The number of fused-ring (bicyclic) bond motifs is 3. The van der Waals surface area contributed by atoms with Crippen molar-refractivity contribution in [3.8, 4) is 22.5 Å². The number of benzene rings is 2. The Kier molecular flexibility index (Phi) is 11.0. The van der Waals surface area contributed by atoms with Gasteiger partial charge in [0.2, 0.25) is 0 Å². The Morgan fingerprint density at radius 3 is 1.40 bits per heavy atom. The topological polar surface area (TPSA) is 161 Å². The summed E-state index contributed by atoms with van der Waals surface area (Å²) in [5.41, 5.74) is 17.5. The van der Waals surface area contributed by atoms with Gasteiger partial charge in [-0.3, -0.25) is 0 Å². The second-order valence-electron chi connectivity index (χ2n) is 9.49. The van der Waals surface area contributed by atoms with Crippen LogP contribution >= 0.6 is 0 Å². The van der Waals surface area contributed by atoms with Gasteiger partial charge >= 0.3 is 0 Å². The number of nitrogens with zero attached hydrogens (tertiary/aromatic N) is 6. The van der Waals surface area contributed by atoms with Crippen LogP contribution in [0.3, 0.4) is 0 Å². The molecule has 6 N–H and O–H groups in total. The first-order valence-electron chi connectivity index (χ1n) is 15.1. The molecule has 0 unspecified atom stereocenters. The highest BCUT2D eigenvalue weighted by atomic mass is 15.1. The van der Waals surface area contributed by atoms with Crippen LogP contribution in [0.15, 0.2) is 48.8 Å². The van der Waals surface area contributed by atoms with Gasteiger partial charge in [-0.1, -0.05) is 52.0 Å². The van der Waals surface area contributed by atoms with Crippen molar-refractivity contribution in [1.29, 1.82) is 0 Å². The second kappa shape index (κ2) is 15.1. The zero-order valence-electron chi connectivity index (χ0n) is 25.1. The Bertz CT molecular complexity index is 1590. The van der Waals surface area contributed by atoms with Crippen LogP contribution in [0.25, 0.3) is 55.9 Å². The molecule has 0 fully saturated rings. The number of aryl methyl sites for hydroxylation is 2. The van der Waals surface area contributed by atoms with E-state index in [0.29, 0.717) is 35.7 Å². The summed E-state index contributed by atoms with van der Waals surface area (Å²) in [7, 11) is 0. The highest BCUT2D eigenvalue weighted by Gasteiger charge is 2.11. The molecule has 4 heterocycles. The number of aromatic nitrogens is 8. The highest BCUT2D eigenvalue weighted by molar-refractivity contribution is 5.90. The number of aromatic amines is 2. The summed E-state index contributed by atoms with van der Waals surface area (Å²) in [6.45, 7) is 9.38.